The summed E-state index contributed by atoms with van der Waals surface area (Å²) in [6.45, 7) is 2.36. The van der Waals surface area contributed by atoms with Gasteiger partial charge in [-0.1, -0.05) is 25.7 Å². The summed E-state index contributed by atoms with van der Waals surface area (Å²) in [4.78, 5) is 17.5. The van der Waals surface area contributed by atoms with Gasteiger partial charge in [-0.15, -0.1) is 24.0 Å². The molecule has 0 atom stereocenters. The van der Waals surface area contributed by atoms with Gasteiger partial charge in [0.15, 0.2) is 5.96 Å². The molecule has 0 heterocycles. The van der Waals surface area contributed by atoms with Crippen LogP contribution >= 0.6 is 24.0 Å². The van der Waals surface area contributed by atoms with Gasteiger partial charge >= 0.3 is 0 Å². The monoisotopic (exact) mass is 440 g/mol. The second-order valence-electron chi connectivity index (χ2n) is 6.09. The number of guanidine groups is 1. The highest BCUT2D eigenvalue weighted by Crippen LogP contribution is 2.28. The molecule has 2 N–H and O–H groups in total. The number of halogens is 1. The second-order valence-corrected chi connectivity index (χ2v) is 6.09. The first-order chi connectivity index (χ1) is 10.6. The molecule has 7 heteroatoms. The first kappa shape index (κ1) is 22.4. The number of methoxy groups -OCH3 is 1. The molecule has 1 amide bonds. The lowest BCUT2D eigenvalue weighted by molar-refractivity contribution is -0.127. The molecule has 0 aliphatic heterocycles. The van der Waals surface area contributed by atoms with E-state index in [4.69, 9.17) is 4.74 Å². The molecule has 1 rings (SSSR count). The van der Waals surface area contributed by atoms with E-state index >= 15 is 0 Å². The lowest BCUT2D eigenvalue weighted by Gasteiger charge is -2.14. The van der Waals surface area contributed by atoms with Gasteiger partial charge in [-0.05, 0) is 18.8 Å². The zero-order valence-corrected chi connectivity index (χ0v) is 17.1. The molecule has 0 spiro atoms. The zero-order valence-electron chi connectivity index (χ0n) is 14.8. The summed E-state index contributed by atoms with van der Waals surface area (Å²) in [5.41, 5.74) is 0. The van der Waals surface area contributed by atoms with E-state index in [1.807, 2.05) is 0 Å². The fraction of sp³-hybridized carbons (Fsp3) is 0.875. The van der Waals surface area contributed by atoms with E-state index in [1.165, 1.54) is 32.1 Å². The fourth-order valence-electron chi connectivity index (χ4n) is 2.63. The maximum absolute atomic E-state index is 11.6. The number of hydrogen-bond acceptors (Lipinski definition) is 3. The van der Waals surface area contributed by atoms with Crippen LogP contribution < -0.4 is 10.6 Å². The molecule has 0 radical (unpaired) electrons. The summed E-state index contributed by atoms with van der Waals surface area (Å²) in [5, 5.41) is 6.50. The van der Waals surface area contributed by atoms with Crippen LogP contribution in [-0.4, -0.2) is 64.2 Å². The van der Waals surface area contributed by atoms with E-state index in [0.29, 0.717) is 19.1 Å². The van der Waals surface area contributed by atoms with Gasteiger partial charge in [0.2, 0.25) is 5.91 Å². The molecule has 1 aliphatic carbocycles. The summed E-state index contributed by atoms with van der Waals surface area (Å²) >= 11 is 0. The van der Waals surface area contributed by atoms with E-state index in [2.05, 4.69) is 15.6 Å². The molecule has 6 nitrogen and oxygen atoms in total. The van der Waals surface area contributed by atoms with Crippen LogP contribution in [0.4, 0.5) is 0 Å². The Morgan fingerprint density at radius 3 is 2.48 bits per heavy atom. The normalized spacial score (nSPS) is 15.2. The first-order valence-corrected chi connectivity index (χ1v) is 8.34. The molecule has 1 fully saturated rings. The van der Waals surface area contributed by atoms with Crippen molar-refractivity contribution < 1.29 is 9.53 Å². The van der Waals surface area contributed by atoms with Crippen molar-refractivity contribution in [3.05, 3.63) is 0 Å². The third-order valence-corrected chi connectivity index (χ3v) is 4.03. The van der Waals surface area contributed by atoms with E-state index in [1.54, 1.807) is 26.1 Å². The lowest BCUT2D eigenvalue weighted by atomic mass is 10.0. The number of aliphatic imine (C=N–C) groups is 1. The highest BCUT2D eigenvalue weighted by molar-refractivity contribution is 14.0. The zero-order chi connectivity index (χ0) is 16.2. The highest BCUT2D eigenvalue weighted by atomic mass is 127. The number of amides is 1. The number of rotatable bonds is 9. The Bertz CT molecular complexity index is 345. The topological polar surface area (TPSA) is 66.0 Å². The Labute approximate surface area is 157 Å². The Kier molecular flexibility index (Phi) is 13.5. The minimum atomic E-state index is -0.00111. The third kappa shape index (κ3) is 10.8. The molecular formula is C16H33IN4O2. The van der Waals surface area contributed by atoms with Crippen molar-refractivity contribution in [3.8, 4) is 0 Å². The van der Waals surface area contributed by atoms with E-state index in [9.17, 15) is 4.79 Å². The van der Waals surface area contributed by atoms with Crippen LogP contribution in [0.5, 0.6) is 0 Å². The Morgan fingerprint density at radius 2 is 1.87 bits per heavy atom. The Hall–Kier alpha value is -0.570. The highest BCUT2D eigenvalue weighted by Gasteiger charge is 2.14. The summed E-state index contributed by atoms with van der Waals surface area (Å²) in [6.07, 6.45) is 8.02. The number of nitrogens with zero attached hydrogens (tertiary/aromatic N) is 2. The number of hydrogen-bond donors (Lipinski definition) is 2. The van der Waals surface area contributed by atoms with Crippen molar-refractivity contribution in [2.75, 3.05) is 47.4 Å². The largest absolute Gasteiger partial charge is 0.383 e. The molecule has 1 saturated carbocycles. The molecule has 0 saturated heterocycles. The molecule has 0 unspecified atom stereocenters. The number of likely N-dealkylation sites (N-methyl/N-ethyl adjacent to an activating group) is 1. The molecule has 136 valence electrons. The van der Waals surface area contributed by atoms with Gasteiger partial charge in [-0.3, -0.25) is 4.79 Å². The van der Waals surface area contributed by atoms with E-state index < -0.39 is 0 Å². The quantitative estimate of drug-likeness (QED) is 0.249. The third-order valence-electron chi connectivity index (χ3n) is 4.03. The Balaban J connectivity index is 0.00000484. The molecule has 0 aromatic carbocycles. The molecular weight excluding hydrogens is 407 g/mol. The Morgan fingerprint density at radius 1 is 1.22 bits per heavy atom. The van der Waals surface area contributed by atoms with Crippen LogP contribution in [0, 0.1) is 5.92 Å². The van der Waals surface area contributed by atoms with Crippen molar-refractivity contribution in [1.82, 2.24) is 15.5 Å². The van der Waals surface area contributed by atoms with Gasteiger partial charge < -0.3 is 20.3 Å². The van der Waals surface area contributed by atoms with Gasteiger partial charge in [-0.25, -0.2) is 4.99 Å². The minimum Gasteiger partial charge on any atom is -0.383 e. The predicted octanol–water partition coefficient (Wildman–Crippen LogP) is 1.84. The average molecular weight is 440 g/mol. The minimum absolute atomic E-state index is 0. The van der Waals surface area contributed by atoms with Crippen molar-refractivity contribution in [1.29, 1.82) is 0 Å². The molecule has 1 aliphatic rings. The van der Waals surface area contributed by atoms with Crippen LogP contribution in [0.2, 0.25) is 0 Å². The van der Waals surface area contributed by atoms with Gasteiger partial charge in [0, 0.05) is 34.3 Å². The molecule has 23 heavy (non-hydrogen) atoms. The number of carbonyl (C=O) groups excluding carboxylic acids is 1. The predicted molar refractivity (Wildman–Crippen MR) is 105 cm³/mol. The summed E-state index contributed by atoms with van der Waals surface area (Å²) in [6, 6.07) is 0. The summed E-state index contributed by atoms with van der Waals surface area (Å²) in [7, 11) is 5.15. The fourth-order valence-corrected chi connectivity index (χ4v) is 2.63. The summed E-state index contributed by atoms with van der Waals surface area (Å²) < 4.78 is 5.03. The van der Waals surface area contributed by atoms with Crippen LogP contribution in [-0.2, 0) is 9.53 Å². The van der Waals surface area contributed by atoms with Crippen LogP contribution in [0.25, 0.3) is 0 Å². The molecule has 0 aromatic heterocycles. The lowest BCUT2D eigenvalue weighted by Crippen LogP contribution is -2.40. The van der Waals surface area contributed by atoms with Crippen molar-refractivity contribution in [2.45, 2.75) is 38.5 Å². The van der Waals surface area contributed by atoms with Crippen molar-refractivity contribution >= 4 is 35.8 Å². The van der Waals surface area contributed by atoms with Crippen molar-refractivity contribution in [2.24, 2.45) is 10.9 Å². The number of carbonyl (C=O) groups is 1. The van der Waals surface area contributed by atoms with Crippen LogP contribution in [0.3, 0.4) is 0 Å². The van der Waals surface area contributed by atoms with Gasteiger partial charge in [0.1, 0.15) is 6.54 Å². The number of nitrogens with one attached hydrogen (secondary N) is 2. The van der Waals surface area contributed by atoms with Crippen LogP contribution in [0.1, 0.15) is 38.5 Å². The van der Waals surface area contributed by atoms with Gasteiger partial charge in [-0.2, -0.15) is 0 Å². The first-order valence-electron chi connectivity index (χ1n) is 8.34. The van der Waals surface area contributed by atoms with Crippen molar-refractivity contribution in [3.63, 3.8) is 0 Å². The summed E-state index contributed by atoms with van der Waals surface area (Å²) in [5.74, 6) is 1.61. The number of ether oxygens (including phenoxy) is 1. The van der Waals surface area contributed by atoms with Crippen LogP contribution in [0.15, 0.2) is 4.99 Å². The van der Waals surface area contributed by atoms with E-state index in [-0.39, 0.29) is 36.4 Å². The smallest absolute Gasteiger partial charge is 0.243 e. The maximum atomic E-state index is 11.6. The van der Waals surface area contributed by atoms with E-state index in [0.717, 1.165) is 18.9 Å². The maximum Gasteiger partial charge on any atom is 0.243 e. The van der Waals surface area contributed by atoms with Gasteiger partial charge in [0.25, 0.3) is 0 Å². The second kappa shape index (κ2) is 13.8. The standard InChI is InChI=1S/C16H32N4O2.HI/c1-20(2)15(21)13-19-16(18-11-12-22-3)17-10-6-9-14-7-4-5-8-14;/h14H,4-13H2,1-3H3,(H2,17,18,19);1H. The SMILES string of the molecule is COCCNC(=NCC(=O)N(C)C)NCCCC1CCCC1.I. The average Bonchev–Trinajstić information content (AvgIpc) is 3.01. The molecule has 0 bridgehead atoms. The molecule has 0 aromatic rings. The van der Waals surface area contributed by atoms with Gasteiger partial charge in [0.05, 0.1) is 6.61 Å².